The van der Waals surface area contributed by atoms with Crippen LogP contribution in [0.3, 0.4) is 0 Å². The number of nitrogens with one attached hydrogen (secondary N) is 1. The SMILES string of the molecule is CCC(CC)C(O)CNC(c1cccc(F)c1)c1cnn(C)c1. The zero-order valence-electron chi connectivity index (χ0n) is 14.0. The molecule has 0 aliphatic rings. The van der Waals surface area contributed by atoms with Crippen molar-refractivity contribution in [1.82, 2.24) is 15.1 Å². The van der Waals surface area contributed by atoms with E-state index in [0.717, 1.165) is 24.0 Å². The van der Waals surface area contributed by atoms with E-state index in [2.05, 4.69) is 24.3 Å². The van der Waals surface area contributed by atoms with Crippen molar-refractivity contribution in [2.75, 3.05) is 6.54 Å². The third-order valence-electron chi connectivity index (χ3n) is 4.36. The van der Waals surface area contributed by atoms with Crippen LogP contribution in [0.5, 0.6) is 0 Å². The predicted molar refractivity (Wildman–Crippen MR) is 89.5 cm³/mol. The fraction of sp³-hybridized carbons (Fsp3) is 0.500. The summed E-state index contributed by atoms with van der Waals surface area (Å²) in [6.45, 7) is 4.63. The van der Waals surface area contributed by atoms with Crippen LogP contribution in [0.25, 0.3) is 0 Å². The summed E-state index contributed by atoms with van der Waals surface area (Å²) < 4.78 is 15.3. The number of hydrogen-bond acceptors (Lipinski definition) is 3. The minimum Gasteiger partial charge on any atom is -0.392 e. The molecule has 0 bridgehead atoms. The number of hydrogen-bond donors (Lipinski definition) is 2. The van der Waals surface area contributed by atoms with E-state index in [9.17, 15) is 9.50 Å². The van der Waals surface area contributed by atoms with Gasteiger partial charge in [0.1, 0.15) is 5.82 Å². The number of halogens is 1. The number of nitrogens with zero attached hydrogens (tertiary/aromatic N) is 2. The van der Waals surface area contributed by atoms with Crippen molar-refractivity contribution in [3.8, 4) is 0 Å². The Morgan fingerprint density at radius 1 is 1.26 bits per heavy atom. The molecular formula is C18H26FN3O. The normalized spacial score (nSPS) is 14.2. The second kappa shape index (κ2) is 8.22. The van der Waals surface area contributed by atoms with Gasteiger partial charge in [0, 0.05) is 25.4 Å². The van der Waals surface area contributed by atoms with Gasteiger partial charge in [0.05, 0.1) is 18.3 Å². The van der Waals surface area contributed by atoms with E-state index in [1.807, 2.05) is 19.3 Å². The van der Waals surface area contributed by atoms with Crippen molar-refractivity contribution >= 4 is 0 Å². The van der Waals surface area contributed by atoms with Gasteiger partial charge < -0.3 is 10.4 Å². The van der Waals surface area contributed by atoms with Gasteiger partial charge >= 0.3 is 0 Å². The fourth-order valence-electron chi connectivity index (χ4n) is 2.94. The molecule has 0 aliphatic heterocycles. The lowest BCUT2D eigenvalue weighted by Gasteiger charge is -2.24. The first-order valence-electron chi connectivity index (χ1n) is 8.20. The predicted octanol–water partition coefficient (Wildman–Crippen LogP) is 3.04. The zero-order valence-corrected chi connectivity index (χ0v) is 14.0. The molecule has 1 aromatic carbocycles. The molecule has 126 valence electrons. The largest absolute Gasteiger partial charge is 0.392 e. The Morgan fingerprint density at radius 2 is 2.00 bits per heavy atom. The second-order valence-corrected chi connectivity index (χ2v) is 5.99. The van der Waals surface area contributed by atoms with Gasteiger partial charge in [0.2, 0.25) is 0 Å². The summed E-state index contributed by atoms with van der Waals surface area (Å²) in [7, 11) is 1.85. The molecule has 0 fully saturated rings. The molecule has 0 saturated carbocycles. The van der Waals surface area contributed by atoms with E-state index < -0.39 is 6.10 Å². The molecule has 2 rings (SSSR count). The summed E-state index contributed by atoms with van der Waals surface area (Å²) >= 11 is 0. The van der Waals surface area contributed by atoms with Gasteiger partial charge in [0.15, 0.2) is 0 Å². The van der Waals surface area contributed by atoms with Crippen molar-refractivity contribution < 1.29 is 9.50 Å². The Morgan fingerprint density at radius 3 is 2.57 bits per heavy atom. The number of benzene rings is 1. The third kappa shape index (κ3) is 4.62. The highest BCUT2D eigenvalue weighted by Gasteiger charge is 2.20. The molecule has 0 amide bonds. The maximum atomic E-state index is 13.6. The first-order valence-corrected chi connectivity index (χ1v) is 8.20. The summed E-state index contributed by atoms with van der Waals surface area (Å²) in [5.41, 5.74) is 1.78. The van der Waals surface area contributed by atoms with Crippen LogP contribution in [0, 0.1) is 11.7 Å². The van der Waals surface area contributed by atoms with Crippen LogP contribution in [0.2, 0.25) is 0 Å². The molecule has 0 spiro atoms. The zero-order chi connectivity index (χ0) is 16.8. The molecule has 23 heavy (non-hydrogen) atoms. The lowest BCUT2D eigenvalue weighted by Crippen LogP contribution is -2.35. The van der Waals surface area contributed by atoms with Gasteiger partial charge in [-0.05, 0) is 23.6 Å². The molecule has 1 aromatic heterocycles. The smallest absolute Gasteiger partial charge is 0.123 e. The summed E-state index contributed by atoms with van der Waals surface area (Å²) in [6.07, 6.45) is 5.14. The van der Waals surface area contributed by atoms with Crippen LogP contribution >= 0.6 is 0 Å². The van der Waals surface area contributed by atoms with Crippen LogP contribution in [-0.4, -0.2) is 27.5 Å². The van der Waals surface area contributed by atoms with E-state index in [4.69, 9.17) is 0 Å². The third-order valence-corrected chi connectivity index (χ3v) is 4.36. The Labute approximate surface area is 137 Å². The highest BCUT2D eigenvalue weighted by atomic mass is 19.1. The van der Waals surface area contributed by atoms with Gasteiger partial charge in [-0.2, -0.15) is 5.10 Å². The molecule has 4 nitrogen and oxygen atoms in total. The first-order chi connectivity index (χ1) is 11.0. The number of aromatic nitrogens is 2. The number of rotatable bonds is 8. The number of aliphatic hydroxyl groups excluding tert-OH is 1. The van der Waals surface area contributed by atoms with Crippen molar-refractivity contribution in [2.24, 2.45) is 13.0 Å². The van der Waals surface area contributed by atoms with Crippen molar-refractivity contribution in [2.45, 2.75) is 38.8 Å². The van der Waals surface area contributed by atoms with Gasteiger partial charge in [-0.3, -0.25) is 4.68 Å². The van der Waals surface area contributed by atoms with Gasteiger partial charge in [0.25, 0.3) is 0 Å². The van der Waals surface area contributed by atoms with Crippen LogP contribution in [0.1, 0.15) is 43.9 Å². The fourth-order valence-corrected chi connectivity index (χ4v) is 2.94. The van der Waals surface area contributed by atoms with Gasteiger partial charge in [-0.15, -0.1) is 0 Å². The van der Waals surface area contributed by atoms with Crippen molar-refractivity contribution in [3.63, 3.8) is 0 Å². The highest BCUT2D eigenvalue weighted by molar-refractivity contribution is 5.29. The lowest BCUT2D eigenvalue weighted by molar-refractivity contribution is 0.0995. The molecule has 5 heteroatoms. The summed E-state index contributed by atoms with van der Waals surface area (Å²) in [5.74, 6) is 0.00305. The number of aryl methyl sites for hydroxylation is 1. The Hall–Kier alpha value is -1.72. The minimum absolute atomic E-state index is 0.191. The van der Waals surface area contributed by atoms with Gasteiger partial charge in [-0.25, -0.2) is 4.39 Å². The van der Waals surface area contributed by atoms with Crippen molar-refractivity contribution in [3.05, 3.63) is 53.6 Å². The lowest BCUT2D eigenvalue weighted by atomic mass is 9.95. The monoisotopic (exact) mass is 319 g/mol. The van der Waals surface area contributed by atoms with E-state index in [0.29, 0.717) is 6.54 Å². The first kappa shape index (κ1) is 17.6. The van der Waals surface area contributed by atoms with Crippen LogP contribution in [0.15, 0.2) is 36.7 Å². The quantitative estimate of drug-likeness (QED) is 0.786. The summed E-state index contributed by atoms with van der Waals surface area (Å²) in [5, 5.41) is 17.9. The standard InChI is InChI=1S/C18H26FN3O/c1-4-13(5-2)17(23)11-20-18(15-10-21-22(3)12-15)14-7-6-8-16(19)9-14/h6-10,12-13,17-18,20,23H,4-5,11H2,1-3H3. The molecular weight excluding hydrogens is 293 g/mol. The Balaban J connectivity index is 2.18. The molecule has 0 radical (unpaired) electrons. The van der Waals surface area contributed by atoms with E-state index in [1.54, 1.807) is 16.9 Å². The molecule has 0 saturated heterocycles. The molecule has 2 aromatic rings. The van der Waals surface area contributed by atoms with Crippen LogP contribution in [0.4, 0.5) is 4.39 Å². The summed E-state index contributed by atoms with van der Waals surface area (Å²) in [6, 6.07) is 6.35. The number of aliphatic hydroxyl groups is 1. The molecule has 2 atom stereocenters. The highest BCUT2D eigenvalue weighted by Crippen LogP contribution is 2.23. The van der Waals surface area contributed by atoms with Gasteiger partial charge in [-0.1, -0.05) is 38.8 Å². The van der Waals surface area contributed by atoms with E-state index in [1.165, 1.54) is 12.1 Å². The van der Waals surface area contributed by atoms with Crippen molar-refractivity contribution in [1.29, 1.82) is 0 Å². The second-order valence-electron chi connectivity index (χ2n) is 5.99. The molecule has 2 N–H and O–H groups in total. The average molecular weight is 319 g/mol. The Bertz CT molecular complexity index is 610. The summed E-state index contributed by atoms with van der Waals surface area (Å²) in [4.78, 5) is 0. The molecule has 1 heterocycles. The average Bonchev–Trinajstić information content (AvgIpc) is 2.95. The Kier molecular flexibility index (Phi) is 6.30. The topological polar surface area (TPSA) is 50.1 Å². The van der Waals surface area contributed by atoms with E-state index in [-0.39, 0.29) is 17.8 Å². The van der Waals surface area contributed by atoms with Crippen LogP contribution < -0.4 is 5.32 Å². The maximum absolute atomic E-state index is 13.6. The molecule has 0 aliphatic carbocycles. The maximum Gasteiger partial charge on any atom is 0.123 e. The van der Waals surface area contributed by atoms with Crippen LogP contribution in [-0.2, 0) is 7.05 Å². The molecule has 2 unspecified atom stereocenters. The minimum atomic E-state index is -0.419. The van der Waals surface area contributed by atoms with E-state index >= 15 is 0 Å².